The van der Waals surface area contributed by atoms with Crippen LogP contribution in [0.4, 0.5) is 0 Å². The highest BCUT2D eigenvalue weighted by atomic mass is 32.2. The number of benzene rings is 1. The van der Waals surface area contributed by atoms with Crippen molar-refractivity contribution in [1.29, 1.82) is 5.26 Å². The minimum Gasteiger partial charge on any atom is -0.259 e. The topological polar surface area (TPSA) is 40.9 Å². The Morgan fingerprint density at radius 3 is 2.48 bits per heavy atom. The highest BCUT2D eigenvalue weighted by Crippen LogP contribution is 2.34. The van der Waals surface area contributed by atoms with Gasteiger partial charge in [0.05, 0.1) is 17.2 Å². The lowest BCUT2D eigenvalue weighted by Crippen LogP contribution is -2.32. The second-order valence-corrected chi connectivity index (χ2v) is 8.04. The van der Waals surface area contributed by atoms with Gasteiger partial charge in [0.2, 0.25) is 0 Å². The average Bonchev–Trinajstić information content (AvgIpc) is 2.45. The smallest absolute Gasteiger partial charge is 0.0668 e. The van der Waals surface area contributed by atoms with Crippen LogP contribution in [0.15, 0.2) is 18.2 Å². The molecule has 0 heterocycles. The zero-order valence-electron chi connectivity index (χ0n) is 13.3. The largest absolute Gasteiger partial charge is 0.259 e. The number of nitrogens with zero attached hydrogens (tertiary/aromatic N) is 1. The molecule has 0 saturated heterocycles. The van der Waals surface area contributed by atoms with Gasteiger partial charge in [0, 0.05) is 16.6 Å². The molecule has 1 fully saturated rings. The molecular formula is C18H25NOS. The van der Waals surface area contributed by atoms with Crippen molar-refractivity contribution in [3.63, 3.8) is 0 Å². The third-order valence-electron chi connectivity index (χ3n) is 4.57. The highest BCUT2D eigenvalue weighted by Gasteiger charge is 2.33. The van der Waals surface area contributed by atoms with E-state index >= 15 is 0 Å². The van der Waals surface area contributed by atoms with Crippen molar-refractivity contribution in [3.8, 4) is 6.07 Å². The first-order valence-electron chi connectivity index (χ1n) is 7.87. The maximum absolute atomic E-state index is 12.8. The van der Waals surface area contributed by atoms with E-state index in [1.54, 1.807) is 0 Å². The SMILES string of the molecule is CCC1CCC(C#N)C(S(=O)Cc2cc(C)cc(C)c2)C1. The van der Waals surface area contributed by atoms with Crippen LogP contribution in [-0.2, 0) is 16.6 Å². The summed E-state index contributed by atoms with van der Waals surface area (Å²) < 4.78 is 12.8. The molecule has 1 saturated carbocycles. The van der Waals surface area contributed by atoms with Crippen LogP contribution in [0, 0.1) is 37.0 Å². The van der Waals surface area contributed by atoms with Gasteiger partial charge in [-0.1, -0.05) is 42.7 Å². The Balaban J connectivity index is 2.11. The monoisotopic (exact) mass is 303 g/mol. The van der Waals surface area contributed by atoms with Gasteiger partial charge in [-0.3, -0.25) is 4.21 Å². The van der Waals surface area contributed by atoms with Gasteiger partial charge in [-0.15, -0.1) is 0 Å². The predicted octanol–water partition coefficient (Wildman–Crippen LogP) is 4.27. The summed E-state index contributed by atoms with van der Waals surface area (Å²) in [5.74, 6) is 1.20. The van der Waals surface area contributed by atoms with E-state index in [1.807, 2.05) is 0 Å². The number of hydrogen-bond donors (Lipinski definition) is 0. The van der Waals surface area contributed by atoms with Crippen molar-refractivity contribution in [3.05, 3.63) is 34.9 Å². The Labute approximate surface area is 131 Å². The minimum atomic E-state index is -0.949. The summed E-state index contributed by atoms with van der Waals surface area (Å²) in [4.78, 5) is 0. The molecular weight excluding hydrogens is 278 g/mol. The molecule has 1 aliphatic rings. The third-order valence-corrected chi connectivity index (χ3v) is 6.39. The third kappa shape index (κ3) is 4.17. The van der Waals surface area contributed by atoms with Gasteiger partial charge in [0.25, 0.3) is 0 Å². The standard InChI is InChI=1S/C18H25NOS/c1-4-15-5-6-17(11-19)18(10-15)21(20)12-16-8-13(2)7-14(3)9-16/h7-9,15,17-18H,4-6,10,12H2,1-3H3. The second-order valence-electron chi connectivity index (χ2n) is 6.38. The Kier molecular flexibility index (Phi) is 5.58. The average molecular weight is 303 g/mol. The Morgan fingerprint density at radius 1 is 1.24 bits per heavy atom. The molecule has 1 aromatic carbocycles. The van der Waals surface area contributed by atoms with Crippen LogP contribution in [0.5, 0.6) is 0 Å². The van der Waals surface area contributed by atoms with E-state index in [1.165, 1.54) is 11.1 Å². The van der Waals surface area contributed by atoms with Crippen molar-refractivity contribution in [2.75, 3.05) is 0 Å². The fourth-order valence-electron chi connectivity index (χ4n) is 3.44. The normalized spacial score (nSPS) is 27.0. The zero-order chi connectivity index (χ0) is 15.4. The summed E-state index contributed by atoms with van der Waals surface area (Å²) in [6, 6.07) is 8.77. The number of nitriles is 1. The summed E-state index contributed by atoms with van der Waals surface area (Å²) in [5, 5.41) is 9.39. The van der Waals surface area contributed by atoms with E-state index in [9.17, 15) is 9.47 Å². The highest BCUT2D eigenvalue weighted by molar-refractivity contribution is 7.84. The zero-order valence-corrected chi connectivity index (χ0v) is 14.1. The molecule has 1 aliphatic carbocycles. The second kappa shape index (κ2) is 7.22. The van der Waals surface area contributed by atoms with Crippen LogP contribution < -0.4 is 0 Å². The molecule has 0 amide bonds. The van der Waals surface area contributed by atoms with Crippen molar-refractivity contribution in [1.82, 2.24) is 0 Å². The molecule has 0 N–H and O–H groups in total. The number of rotatable bonds is 4. The van der Waals surface area contributed by atoms with Gasteiger partial charge in [-0.25, -0.2) is 0 Å². The van der Waals surface area contributed by atoms with Crippen molar-refractivity contribution in [2.45, 2.75) is 57.5 Å². The first-order valence-corrected chi connectivity index (χ1v) is 9.25. The Morgan fingerprint density at radius 2 is 1.90 bits per heavy atom. The molecule has 0 spiro atoms. The first kappa shape index (κ1) is 16.2. The lowest BCUT2D eigenvalue weighted by Gasteiger charge is -2.31. The summed E-state index contributed by atoms with van der Waals surface area (Å²) in [6.07, 6.45) is 4.12. The molecule has 3 heteroatoms. The predicted molar refractivity (Wildman–Crippen MR) is 88.3 cm³/mol. The fraction of sp³-hybridized carbons (Fsp3) is 0.611. The van der Waals surface area contributed by atoms with Gasteiger partial charge in [-0.2, -0.15) is 5.26 Å². The molecule has 1 aromatic rings. The van der Waals surface area contributed by atoms with Crippen LogP contribution in [0.2, 0.25) is 0 Å². The van der Waals surface area contributed by atoms with E-state index in [0.717, 1.165) is 31.2 Å². The molecule has 0 aromatic heterocycles. The van der Waals surface area contributed by atoms with Crippen LogP contribution in [-0.4, -0.2) is 9.46 Å². The lowest BCUT2D eigenvalue weighted by molar-refractivity contribution is 0.313. The molecule has 2 nitrogen and oxygen atoms in total. The van der Waals surface area contributed by atoms with E-state index < -0.39 is 10.8 Å². The molecule has 21 heavy (non-hydrogen) atoms. The summed E-state index contributed by atoms with van der Waals surface area (Å²) in [5.41, 5.74) is 3.57. The molecule has 0 aliphatic heterocycles. The minimum absolute atomic E-state index is 0.0282. The molecule has 2 rings (SSSR count). The van der Waals surface area contributed by atoms with Crippen molar-refractivity contribution < 1.29 is 4.21 Å². The fourth-order valence-corrected chi connectivity index (χ4v) is 5.20. The van der Waals surface area contributed by atoms with Crippen LogP contribution >= 0.6 is 0 Å². The van der Waals surface area contributed by atoms with Crippen molar-refractivity contribution in [2.24, 2.45) is 11.8 Å². The van der Waals surface area contributed by atoms with Gasteiger partial charge < -0.3 is 0 Å². The van der Waals surface area contributed by atoms with Gasteiger partial charge in [0.15, 0.2) is 0 Å². The maximum atomic E-state index is 12.8. The van der Waals surface area contributed by atoms with Crippen molar-refractivity contribution >= 4 is 10.8 Å². The molecule has 0 radical (unpaired) electrons. The Bertz CT molecular complexity index is 541. The number of aryl methyl sites for hydroxylation is 2. The van der Waals surface area contributed by atoms with Gasteiger partial charge in [0.1, 0.15) is 0 Å². The van der Waals surface area contributed by atoms with E-state index in [0.29, 0.717) is 11.7 Å². The molecule has 4 atom stereocenters. The van der Waals surface area contributed by atoms with E-state index in [-0.39, 0.29) is 11.2 Å². The van der Waals surface area contributed by atoms with E-state index in [2.05, 4.69) is 45.0 Å². The van der Waals surface area contributed by atoms with Crippen LogP contribution in [0.25, 0.3) is 0 Å². The molecule has 0 bridgehead atoms. The summed E-state index contributed by atoms with van der Waals surface area (Å²) >= 11 is 0. The van der Waals surface area contributed by atoms with Gasteiger partial charge in [-0.05, 0) is 44.6 Å². The Hall–Kier alpha value is -1.14. The maximum Gasteiger partial charge on any atom is 0.0668 e. The summed E-state index contributed by atoms with van der Waals surface area (Å²) in [6.45, 7) is 6.34. The molecule has 114 valence electrons. The molecule has 4 unspecified atom stereocenters. The van der Waals surface area contributed by atoms with E-state index in [4.69, 9.17) is 0 Å². The lowest BCUT2D eigenvalue weighted by atomic mass is 9.81. The summed E-state index contributed by atoms with van der Waals surface area (Å²) in [7, 11) is -0.949. The number of hydrogen-bond acceptors (Lipinski definition) is 2. The van der Waals surface area contributed by atoms with Gasteiger partial charge >= 0.3 is 0 Å². The van der Waals surface area contributed by atoms with Crippen LogP contribution in [0.3, 0.4) is 0 Å². The van der Waals surface area contributed by atoms with Crippen LogP contribution in [0.1, 0.15) is 49.3 Å². The first-order chi connectivity index (χ1) is 10.0. The quantitative estimate of drug-likeness (QED) is 0.833.